The van der Waals surface area contributed by atoms with Crippen molar-refractivity contribution in [2.24, 2.45) is 0 Å². The number of hydrogen-bond donors (Lipinski definition) is 1. The first-order valence-corrected chi connectivity index (χ1v) is 3.84. The van der Waals surface area contributed by atoms with Crippen LogP contribution in [0.1, 0.15) is 6.42 Å². The van der Waals surface area contributed by atoms with Gasteiger partial charge in [-0.1, -0.05) is 6.08 Å². The highest BCUT2D eigenvalue weighted by Crippen LogP contribution is 2.25. The zero-order valence-electron chi connectivity index (χ0n) is 7.47. The van der Waals surface area contributed by atoms with Crippen LogP contribution < -0.4 is 0 Å². The Hall–Kier alpha value is -1.69. The highest BCUT2D eigenvalue weighted by Gasteiger charge is 2.39. The lowest BCUT2D eigenvalue weighted by Gasteiger charge is -2.24. The molecule has 1 atom stereocenters. The van der Waals surface area contributed by atoms with Crippen LogP contribution in [0.4, 0.5) is 0 Å². The smallest absolute Gasteiger partial charge is 0.340 e. The third kappa shape index (κ3) is 1.64. The summed E-state index contributed by atoms with van der Waals surface area (Å²) in [5.74, 6) is -1.23. The van der Waals surface area contributed by atoms with E-state index in [0.29, 0.717) is 0 Å². The van der Waals surface area contributed by atoms with Gasteiger partial charge in [-0.2, -0.15) is 0 Å². The summed E-state index contributed by atoms with van der Waals surface area (Å²) < 4.78 is 4.79. The molecule has 0 bridgehead atoms. The van der Waals surface area contributed by atoms with E-state index >= 15 is 0 Å². The van der Waals surface area contributed by atoms with Crippen molar-refractivity contribution in [1.29, 1.82) is 0 Å². The van der Waals surface area contributed by atoms with E-state index in [2.05, 4.69) is 0 Å². The minimum atomic E-state index is -1.60. The molecule has 6 heteroatoms. The largest absolute Gasteiger partial charge is 0.479 e. The van der Waals surface area contributed by atoms with Gasteiger partial charge in [0.25, 0.3) is 5.70 Å². The summed E-state index contributed by atoms with van der Waals surface area (Å²) in [7, 11) is 1.21. The molecular formula is C8H9NO5. The Bertz CT molecular complexity index is 333. The fourth-order valence-corrected chi connectivity index (χ4v) is 1.19. The van der Waals surface area contributed by atoms with Crippen LogP contribution in [-0.2, 0) is 9.53 Å². The third-order valence-corrected chi connectivity index (χ3v) is 2.03. The van der Waals surface area contributed by atoms with Crippen molar-refractivity contribution >= 4 is 5.97 Å². The van der Waals surface area contributed by atoms with Gasteiger partial charge in [0.1, 0.15) is 0 Å². The van der Waals surface area contributed by atoms with E-state index < -0.39 is 16.5 Å². The average Bonchev–Trinajstić information content (AvgIpc) is 2.17. The summed E-state index contributed by atoms with van der Waals surface area (Å²) in [6.07, 6.45) is 3.78. The van der Waals surface area contributed by atoms with Crippen LogP contribution in [0.15, 0.2) is 23.9 Å². The predicted molar refractivity (Wildman–Crippen MR) is 46.2 cm³/mol. The number of carboxylic acids is 1. The average molecular weight is 199 g/mol. The van der Waals surface area contributed by atoms with Crippen LogP contribution in [-0.4, -0.2) is 28.7 Å². The molecule has 1 rings (SSSR count). The van der Waals surface area contributed by atoms with Gasteiger partial charge < -0.3 is 9.84 Å². The molecule has 0 spiro atoms. The number of carbonyl (C=O) groups is 1. The molecule has 0 aromatic carbocycles. The molecule has 0 saturated heterocycles. The number of methoxy groups -OCH3 is 1. The van der Waals surface area contributed by atoms with Crippen LogP contribution in [0.3, 0.4) is 0 Å². The highest BCUT2D eigenvalue weighted by atomic mass is 16.6. The van der Waals surface area contributed by atoms with E-state index in [9.17, 15) is 14.9 Å². The molecule has 0 aromatic rings. The van der Waals surface area contributed by atoms with Crippen molar-refractivity contribution in [3.05, 3.63) is 34.0 Å². The van der Waals surface area contributed by atoms with Crippen LogP contribution in [0, 0.1) is 10.1 Å². The van der Waals surface area contributed by atoms with Gasteiger partial charge in [-0.25, -0.2) is 4.79 Å². The van der Waals surface area contributed by atoms with Crippen LogP contribution in [0.5, 0.6) is 0 Å². The molecule has 1 unspecified atom stereocenters. The van der Waals surface area contributed by atoms with Crippen molar-refractivity contribution in [1.82, 2.24) is 0 Å². The molecule has 1 N–H and O–H groups in total. The van der Waals surface area contributed by atoms with Gasteiger partial charge in [0.2, 0.25) is 0 Å². The van der Waals surface area contributed by atoms with E-state index in [4.69, 9.17) is 9.84 Å². The van der Waals surface area contributed by atoms with Crippen molar-refractivity contribution in [3.63, 3.8) is 0 Å². The summed E-state index contributed by atoms with van der Waals surface area (Å²) in [6, 6.07) is 0. The number of nitro groups is 1. The summed E-state index contributed by atoms with van der Waals surface area (Å²) in [5, 5.41) is 19.3. The molecule has 0 fully saturated rings. The monoisotopic (exact) mass is 199 g/mol. The normalized spacial score (nSPS) is 25.6. The Kier molecular flexibility index (Phi) is 2.66. The Labute approximate surface area is 79.6 Å². The van der Waals surface area contributed by atoms with E-state index in [-0.39, 0.29) is 12.1 Å². The molecule has 14 heavy (non-hydrogen) atoms. The summed E-state index contributed by atoms with van der Waals surface area (Å²) in [5.41, 5.74) is -1.86. The van der Waals surface area contributed by atoms with Gasteiger partial charge in [0.05, 0.1) is 4.92 Å². The minimum absolute atomic E-state index is 0.0934. The van der Waals surface area contributed by atoms with Gasteiger partial charge in [-0.05, 0) is 0 Å². The van der Waals surface area contributed by atoms with Crippen LogP contribution in [0.2, 0.25) is 0 Å². The number of nitrogens with zero attached hydrogens (tertiary/aromatic N) is 1. The topological polar surface area (TPSA) is 89.7 Å². The first-order chi connectivity index (χ1) is 6.52. The first-order valence-electron chi connectivity index (χ1n) is 3.84. The van der Waals surface area contributed by atoms with E-state index in [1.165, 1.54) is 19.3 Å². The minimum Gasteiger partial charge on any atom is -0.479 e. The molecule has 0 amide bonds. The Morgan fingerprint density at radius 1 is 1.79 bits per heavy atom. The molecule has 1 aliphatic carbocycles. The number of ether oxygens (including phenoxy) is 1. The number of aliphatic carboxylic acids is 1. The standard InChI is InChI=1S/C8H9NO5/c1-14-8(7(10)11)4-2-3-6(5-8)9(12)13/h2-3,5H,4H2,1H3,(H,10,11). The summed E-state index contributed by atoms with van der Waals surface area (Å²) in [4.78, 5) is 20.6. The Balaban J connectivity index is 3.09. The van der Waals surface area contributed by atoms with E-state index in [1.807, 2.05) is 0 Å². The predicted octanol–water partition coefficient (Wildman–Crippen LogP) is 0.577. The summed E-state index contributed by atoms with van der Waals surface area (Å²) >= 11 is 0. The van der Waals surface area contributed by atoms with Crippen molar-refractivity contribution < 1.29 is 19.6 Å². The molecular weight excluding hydrogens is 190 g/mol. The van der Waals surface area contributed by atoms with Gasteiger partial charge >= 0.3 is 5.97 Å². The fraction of sp³-hybridized carbons (Fsp3) is 0.375. The SMILES string of the molecule is COC1(C(=O)O)C=C([N+](=O)[O-])C=CC1. The van der Waals surface area contributed by atoms with Crippen molar-refractivity contribution in [3.8, 4) is 0 Å². The molecule has 0 aromatic heterocycles. The molecule has 1 aliphatic rings. The van der Waals surface area contributed by atoms with Crippen molar-refractivity contribution in [2.75, 3.05) is 7.11 Å². The molecule has 6 nitrogen and oxygen atoms in total. The number of allylic oxidation sites excluding steroid dienone is 1. The maximum Gasteiger partial charge on any atom is 0.340 e. The second kappa shape index (κ2) is 3.59. The highest BCUT2D eigenvalue weighted by molar-refractivity contribution is 5.81. The zero-order valence-corrected chi connectivity index (χ0v) is 7.47. The zero-order chi connectivity index (χ0) is 10.8. The molecule has 0 aliphatic heterocycles. The molecule has 0 radical (unpaired) electrons. The van der Waals surface area contributed by atoms with Gasteiger partial charge in [0, 0.05) is 25.7 Å². The molecule has 0 heterocycles. The maximum atomic E-state index is 10.8. The Morgan fingerprint density at radius 2 is 2.43 bits per heavy atom. The Morgan fingerprint density at radius 3 is 2.86 bits per heavy atom. The number of hydrogen-bond acceptors (Lipinski definition) is 4. The second-order valence-corrected chi connectivity index (χ2v) is 2.83. The second-order valence-electron chi connectivity index (χ2n) is 2.83. The van der Waals surface area contributed by atoms with Crippen LogP contribution >= 0.6 is 0 Å². The number of rotatable bonds is 3. The summed E-state index contributed by atoms with van der Waals surface area (Å²) in [6.45, 7) is 0. The van der Waals surface area contributed by atoms with E-state index in [0.717, 1.165) is 6.08 Å². The quantitative estimate of drug-likeness (QED) is 0.530. The lowest BCUT2D eigenvalue weighted by atomic mass is 9.94. The maximum absolute atomic E-state index is 10.8. The first kappa shape index (κ1) is 10.4. The number of carboxylic acid groups (broad SMARTS) is 1. The van der Waals surface area contributed by atoms with E-state index in [1.54, 1.807) is 0 Å². The molecule has 0 saturated carbocycles. The fourth-order valence-electron chi connectivity index (χ4n) is 1.19. The van der Waals surface area contributed by atoms with Crippen LogP contribution in [0.25, 0.3) is 0 Å². The molecule has 76 valence electrons. The van der Waals surface area contributed by atoms with Crippen molar-refractivity contribution in [2.45, 2.75) is 12.0 Å². The van der Waals surface area contributed by atoms with Gasteiger partial charge in [-0.15, -0.1) is 0 Å². The van der Waals surface area contributed by atoms with Gasteiger partial charge in [0.15, 0.2) is 5.60 Å². The third-order valence-electron chi connectivity index (χ3n) is 2.03. The van der Waals surface area contributed by atoms with Gasteiger partial charge in [-0.3, -0.25) is 10.1 Å². The lowest BCUT2D eigenvalue weighted by Crippen LogP contribution is -2.40. The lowest BCUT2D eigenvalue weighted by molar-refractivity contribution is -0.420.